The number of rotatable bonds is 10. The normalized spacial score (nSPS) is 32.7. The van der Waals surface area contributed by atoms with E-state index in [-0.39, 0.29) is 78.3 Å². The van der Waals surface area contributed by atoms with Crippen molar-refractivity contribution < 1.29 is 92.6 Å². The SMILES string of the molecule is COc1cc2c(O[C@@H]3OC[C@](O)(CO[C@@H]4OC[C@@H](O)[C@H](O)[C@H]4O)[C@H]3O[C@@H]3OCC[C@H](O)[C@H]3O)c3c(c(-c4cc5c(cc4O)OCO5)c2cc1OC)C(=O)OC3. The molecule has 0 amide bonds. The predicted molar refractivity (Wildman–Crippen MR) is 180 cm³/mol. The average Bonchev–Trinajstić information content (AvgIpc) is 3.88. The molecule has 5 heterocycles. The fourth-order valence-electron chi connectivity index (χ4n) is 7.30. The Labute approximate surface area is 311 Å². The molecule has 10 atom stereocenters. The molecule has 7 N–H and O–H groups in total. The molecular formula is C36H40O19. The predicted octanol–water partition coefficient (Wildman–Crippen LogP) is -0.596. The number of carbonyl (C=O) groups excluding carboxylic acids is 1. The molecular weight excluding hydrogens is 736 g/mol. The van der Waals surface area contributed by atoms with Gasteiger partial charge in [-0.1, -0.05) is 0 Å². The molecule has 0 bridgehead atoms. The summed E-state index contributed by atoms with van der Waals surface area (Å²) in [6.45, 7) is -1.87. The Morgan fingerprint density at radius 1 is 0.800 bits per heavy atom. The minimum Gasteiger partial charge on any atom is -0.507 e. The number of methoxy groups -OCH3 is 2. The Morgan fingerprint density at radius 2 is 1.53 bits per heavy atom. The summed E-state index contributed by atoms with van der Waals surface area (Å²) in [6, 6.07) is 6.09. The van der Waals surface area contributed by atoms with Crippen molar-refractivity contribution >= 4 is 16.7 Å². The Hall–Kier alpha value is -4.25. The summed E-state index contributed by atoms with van der Waals surface area (Å²) >= 11 is 0. The third-order valence-electron chi connectivity index (χ3n) is 10.3. The highest BCUT2D eigenvalue weighted by molar-refractivity contribution is 6.14. The first-order valence-corrected chi connectivity index (χ1v) is 17.4. The second-order valence-corrected chi connectivity index (χ2v) is 13.7. The van der Waals surface area contributed by atoms with E-state index < -0.39 is 80.3 Å². The van der Waals surface area contributed by atoms with Crippen LogP contribution >= 0.6 is 0 Å². The molecule has 8 rings (SSSR count). The van der Waals surface area contributed by atoms with Gasteiger partial charge in [0.15, 0.2) is 41.7 Å². The fourth-order valence-corrected chi connectivity index (χ4v) is 7.30. The number of aromatic hydroxyl groups is 1. The maximum absolute atomic E-state index is 13.6. The van der Waals surface area contributed by atoms with Gasteiger partial charge in [-0.05, 0) is 30.0 Å². The van der Waals surface area contributed by atoms with E-state index >= 15 is 0 Å². The number of phenolic OH excluding ortho intramolecular Hbond substituents is 1. The van der Waals surface area contributed by atoms with Gasteiger partial charge in [-0.25, -0.2) is 4.79 Å². The van der Waals surface area contributed by atoms with Crippen molar-refractivity contribution in [3.63, 3.8) is 0 Å². The molecule has 0 saturated carbocycles. The molecule has 3 aromatic rings. The minimum absolute atomic E-state index is 0.00658. The molecule has 3 aromatic carbocycles. The number of fused-ring (bicyclic) bond motifs is 3. The number of aliphatic hydroxyl groups excluding tert-OH is 5. The van der Waals surface area contributed by atoms with E-state index in [1.165, 1.54) is 26.4 Å². The quantitative estimate of drug-likeness (QED) is 0.127. The molecule has 0 aliphatic carbocycles. The van der Waals surface area contributed by atoms with Crippen LogP contribution < -0.4 is 23.7 Å². The van der Waals surface area contributed by atoms with Gasteiger partial charge in [0, 0.05) is 28.1 Å². The number of hydrogen-bond donors (Lipinski definition) is 7. The highest BCUT2D eigenvalue weighted by Crippen LogP contribution is 2.52. The topological polar surface area (TPSA) is 260 Å². The van der Waals surface area contributed by atoms with Crippen LogP contribution in [-0.2, 0) is 35.0 Å². The lowest BCUT2D eigenvalue weighted by molar-refractivity contribution is -0.305. The van der Waals surface area contributed by atoms with E-state index in [2.05, 4.69) is 0 Å². The van der Waals surface area contributed by atoms with Crippen molar-refractivity contribution in [1.29, 1.82) is 0 Å². The first kappa shape index (κ1) is 37.7. The maximum atomic E-state index is 13.6. The van der Waals surface area contributed by atoms with Crippen LogP contribution in [0.3, 0.4) is 0 Å². The molecule has 0 unspecified atom stereocenters. The monoisotopic (exact) mass is 776 g/mol. The number of carbonyl (C=O) groups is 1. The number of phenols is 1. The Kier molecular flexibility index (Phi) is 10.1. The molecule has 5 aliphatic rings. The molecule has 3 fully saturated rings. The van der Waals surface area contributed by atoms with Crippen LogP contribution in [0.25, 0.3) is 21.9 Å². The van der Waals surface area contributed by atoms with Gasteiger partial charge >= 0.3 is 5.97 Å². The van der Waals surface area contributed by atoms with Crippen LogP contribution in [-0.4, -0.2) is 150 Å². The fraction of sp³-hybridized carbons (Fsp3) is 0.528. The van der Waals surface area contributed by atoms with Crippen LogP contribution in [0.15, 0.2) is 24.3 Å². The number of ether oxygens (including phenoxy) is 11. The zero-order valence-electron chi connectivity index (χ0n) is 29.5. The third-order valence-corrected chi connectivity index (χ3v) is 10.3. The Balaban J connectivity index is 1.22. The number of hydrogen-bond acceptors (Lipinski definition) is 19. The van der Waals surface area contributed by atoms with Crippen molar-refractivity contribution in [1.82, 2.24) is 0 Å². The maximum Gasteiger partial charge on any atom is 0.339 e. The molecule has 3 saturated heterocycles. The number of cyclic esters (lactones) is 1. The summed E-state index contributed by atoms with van der Waals surface area (Å²) in [6.07, 6.45) is -13.3. The van der Waals surface area contributed by atoms with E-state index in [0.717, 1.165) is 0 Å². The third kappa shape index (κ3) is 6.53. The zero-order chi connectivity index (χ0) is 38.8. The molecule has 0 spiro atoms. The van der Waals surface area contributed by atoms with E-state index in [4.69, 9.17) is 52.1 Å². The van der Waals surface area contributed by atoms with Crippen molar-refractivity contribution in [2.24, 2.45) is 0 Å². The number of benzene rings is 3. The van der Waals surface area contributed by atoms with Gasteiger partial charge in [-0.15, -0.1) is 0 Å². The lowest BCUT2D eigenvalue weighted by Crippen LogP contribution is -2.58. The van der Waals surface area contributed by atoms with Crippen LogP contribution in [0.4, 0.5) is 0 Å². The van der Waals surface area contributed by atoms with Crippen LogP contribution in [0.5, 0.6) is 34.5 Å². The first-order chi connectivity index (χ1) is 26.4. The standard InChI is InChI=1S/C36H40O19/c1-45-21-5-14-15(6-22(21)46-2)30(17-9-48-32(43)26(17)25(14)16-7-23-24(8-19(16)38)53-13-52-23)54-35-31(55-34-28(41)18(37)3-4-47-34)36(44,12-51-35)11-50-33-29(42)27(40)20(39)10-49-33/h5-8,18,20,27-29,31,33-35,37-42,44H,3-4,9-13H2,1-2H3/t18-,20+,27-,28+,29+,31-,33-,34-,35-,36+/m0/s1. The molecule has 19 nitrogen and oxygen atoms in total. The van der Waals surface area contributed by atoms with E-state index in [1.54, 1.807) is 12.1 Å². The Morgan fingerprint density at radius 3 is 2.27 bits per heavy atom. The summed E-state index contributed by atoms with van der Waals surface area (Å²) < 4.78 is 63.1. The first-order valence-electron chi connectivity index (χ1n) is 17.4. The summed E-state index contributed by atoms with van der Waals surface area (Å²) in [7, 11) is 2.85. The van der Waals surface area contributed by atoms with Gasteiger partial charge in [0.05, 0.1) is 52.3 Å². The van der Waals surface area contributed by atoms with Crippen LogP contribution in [0.2, 0.25) is 0 Å². The summed E-state index contributed by atoms with van der Waals surface area (Å²) in [5.41, 5.74) is -1.38. The molecule has 0 radical (unpaired) electrons. The van der Waals surface area contributed by atoms with Gasteiger partial charge in [-0.3, -0.25) is 0 Å². The largest absolute Gasteiger partial charge is 0.507 e. The van der Waals surface area contributed by atoms with E-state index in [0.29, 0.717) is 22.3 Å². The van der Waals surface area contributed by atoms with Gasteiger partial charge in [0.25, 0.3) is 0 Å². The zero-order valence-corrected chi connectivity index (χ0v) is 29.5. The minimum atomic E-state index is -2.12. The summed E-state index contributed by atoms with van der Waals surface area (Å²) in [5, 5.41) is 75.6. The van der Waals surface area contributed by atoms with E-state index in [1.807, 2.05) is 0 Å². The van der Waals surface area contributed by atoms with Crippen LogP contribution in [0.1, 0.15) is 22.3 Å². The lowest BCUT2D eigenvalue weighted by Gasteiger charge is -2.39. The van der Waals surface area contributed by atoms with Crippen molar-refractivity contribution in [2.75, 3.05) is 47.4 Å². The smallest absolute Gasteiger partial charge is 0.339 e. The molecule has 0 aromatic heterocycles. The average molecular weight is 777 g/mol. The lowest BCUT2D eigenvalue weighted by atomic mass is 9.88. The van der Waals surface area contributed by atoms with Crippen molar-refractivity contribution in [2.45, 2.75) is 74.1 Å². The number of esters is 1. The second-order valence-electron chi connectivity index (χ2n) is 13.7. The van der Waals surface area contributed by atoms with Gasteiger partial charge < -0.3 is 87.9 Å². The van der Waals surface area contributed by atoms with Crippen molar-refractivity contribution in [3.05, 3.63) is 35.4 Å². The van der Waals surface area contributed by atoms with Gasteiger partial charge in [0.2, 0.25) is 13.1 Å². The van der Waals surface area contributed by atoms with Crippen molar-refractivity contribution in [3.8, 4) is 45.6 Å². The summed E-state index contributed by atoms with van der Waals surface area (Å²) in [5.74, 6) is 0.250. The second kappa shape index (κ2) is 14.7. The highest BCUT2D eigenvalue weighted by atomic mass is 16.8. The van der Waals surface area contributed by atoms with Crippen LogP contribution in [0, 0.1) is 0 Å². The van der Waals surface area contributed by atoms with Gasteiger partial charge in [0.1, 0.15) is 48.1 Å². The van der Waals surface area contributed by atoms with Gasteiger partial charge in [-0.2, -0.15) is 0 Å². The van der Waals surface area contributed by atoms with E-state index in [9.17, 15) is 40.5 Å². The molecule has 298 valence electrons. The number of aliphatic hydroxyl groups is 6. The molecule has 5 aliphatic heterocycles. The molecule has 55 heavy (non-hydrogen) atoms. The summed E-state index contributed by atoms with van der Waals surface area (Å²) in [4.78, 5) is 13.6. The molecule has 19 heteroatoms. The highest BCUT2D eigenvalue weighted by Gasteiger charge is 2.55. The Bertz CT molecular complexity index is 1950.